The second-order valence-electron chi connectivity index (χ2n) is 9.55. The Morgan fingerprint density at radius 1 is 1.21 bits per heavy atom. The van der Waals surface area contributed by atoms with Crippen molar-refractivity contribution in [1.29, 1.82) is 0 Å². The van der Waals surface area contributed by atoms with Crippen molar-refractivity contribution >= 4 is 16.8 Å². The third-order valence-corrected chi connectivity index (χ3v) is 6.80. The summed E-state index contributed by atoms with van der Waals surface area (Å²) in [7, 11) is 0. The topological polar surface area (TPSA) is 85.2 Å². The molecule has 1 amide bonds. The van der Waals surface area contributed by atoms with Gasteiger partial charge >= 0.3 is 0 Å². The molecule has 1 aliphatic heterocycles. The molecule has 1 aliphatic carbocycles. The lowest BCUT2D eigenvalue weighted by atomic mass is 9.95. The van der Waals surface area contributed by atoms with Crippen molar-refractivity contribution in [1.82, 2.24) is 20.2 Å². The molecule has 2 aromatic carbocycles. The van der Waals surface area contributed by atoms with Gasteiger partial charge in [-0.05, 0) is 100 Å². The Morgan fingerprint density at radius 3 is 2.88 bits per heavy atom. The number of hydrogen-bond donors (Lipinski definition) is 2. The van der Waals surface area contributed by atoms with Crippen molar-refractivity contribution in [3.63, 3.8) is 0 Å². The monoisotopic (exact) mass is 460 g/mol. The minimum atomic E-state index is -0.174. The molecule has 0 spiro atoms. The molecule has 1 unspecified atom stereocenters. The number of amides is 1. The van der Waals surface area contributed by atoms with Gasteiger partial charge in [-0.1, -0.05) is 6.07 Å². The fourth-order valence-electron chi connectivity index (χ4n) is 4.60. The Balaban J connectivity index is 1.34. The summed E-state index contributed by atoms with van der Waals surface area (Å²) in [4.78, 5) is 30.4. The second-order valence-corrected chi connectivity index (χ2v) is 9.55. The molecule has 2 heterocycles. The summed E-state index contributed by atoms with van der Waals surface area (Å²) in [6, 6.07) is 11.2. The van der Waals surface area contributed by atoms with E-state index in [0.717, 1.165) is 50.3 Å². The molecule has 0 radical (unpaired) electrons. The van der Waals surface area contributed by atoms with E-state index in [1.165, 1.54) is 23.7 Å². The minimum Gasteiger partial charge on any atom is -0.494 e. The van der Waals surface area contributed by atoms with Crippen molar-refractivity contribution in [2.45, 2.75) is 51.5 Å². The van der Waals surface area contributed by atoms with E-state index in [1.807, 2.05) is 25.1 Å². The van der Waals surface area contributed by atoms with E-state index < -0.39 is 0 Å². The zero-order valence-corrected chi connectivity index (χ0v) is 19.7. The summed E-state index contributed by atoms with van der Waals surface area (Å²) < 4.78 is 7.49. The maximum atomic E-state index is 13.4. The Labute approximate surface area is 199 Å². The van der Waals surface area contributed by atoms with Gasteiger partial charge in [0.15, 0.2) is 0 Å². The van der Waals surface area contributed by atoms with Crippen LogP contribution in [0.5, 0.6) is 5.75 Å². The molecule has 3 aromatic rings. The van der Waals surface area contributed by atoms with Crippen LogP contribution in [0.4, 0.5) is 0 Å². The Hall–Kier alpha value is -3.19. The molecule has 7 nitrogen and oxygen atoms in total. The van der Waals surface area contributed by atoms with Gasteiger partial charge in [-0.3, -0.25) is 14.2 Å². The van der Waals surface area contributed by atoms with Crippen LogP contribution in [0, 0.1) is 12.8 Å². The number of fused-ring (bicyclic) bond motifs is 1. The van der Waals surface area contributed by atoms with Gasteiger partial charge in [-0.2, -0.15) is 0 Å². The highest BCUT2D eigenvalue weighted by Crippen LogP contribution is 2.22. The first-order valence-corrected chi connectivity index (χ1v) is 12.4. The highest BCUT2D eigenvalue weighted by atomic mass is 16.5. The molecule has 1 saturated carbocycles. The van der Waals surface area contributed by atoms with E-state index in [1.54, 1.807) is 18.2 Å². The molecule has 2 aliphatic rings. The molecule has 1 saturated heterocycles. The average Bonchev–Trinajstić information content (AvgIpc) is 3.67. The number of carbonyl (C=O) groups excluding carboxylic acids is 1. The van der Waals surface area contributed by atoms with E-state index in [-0.39, 0.29) is 17.5 Å². The van der Waals surface area contributed by atoms with Gasteiger partial charge in [0.2, 0.25) is 0 Å². The second kappa shape index (κ2) is 9.97. The maximum absolute atomic E-state index is 13.4. The van der Waals surface area contributed by atoms with Gasteiger partial charge in [0.05, 0.1) is 23.2 Å². The molecule has 2 fully saturated rings. The van der Waals surface area contributed by atoms with Crippen LogP contribution in [-0.4, -0.2) is 41.2 Å². The van der Waals surface area contributed by atoms with Crippen molar-refractivity contribution in [3.05, 3.63) is 64.2 Å². The van der Waals surface area contributed by atoms with Crippen LogP contribution in [0.1, 0.15) is 54.4 Å². The number of benzene rings is 2. The first kappa shape index (κ1) is 22.6. The van der Waals surface area contributed by atoms with Crippen LogP contribution in [0.3, 0.4) is 0 Å². The number of nitrogens with one attached hydrogen (secondary N) is 2. The van der Waals surface area contributed by atoms with Crippen LogP contribution in [-0.2, 0) is 0 Å². The highest BCUT2D eigenvalue weighted by Gasteiger charge is 2.24. The SMILES string of the molecule is Cc1ccc(C(=O)NC2CC2)cc1-n1cnc2ccc(OCCCC3CCCNC3)cc2c1=O. The van der Waals surface area contributed by atoms with E-state index in [9.17, 15) is 9.59 Å². The van der Waals surface area contributed by atoms with Crippen LogP contribution in [0.15, 0.2) is 47.5 Å². The zero-order valence-electron chi connectivity index (χ0n) is 19.7. The number of nitrogens with zero attached hydrogens (tertiary/aromatic N) is 2. The smallest absolute Gasteiger partial charge is 0.265 e. The van der Waals surface area contributed by atoms with Crippen LogP contribution < -0.4 is 20.9 Å². The average molecular weight is 461 g/mol. The fourth-order valence-corrected chi connectivity index (χ4v) is 4.60. The number of ether oxygens (including phenoxy) is 1. The lowest BCUT2D eigenvalue weighted by molar-refractivity contribution is 0.0951. The predicted octanol–water partition coefficient (Wildman–Crippen LogP) is 3.74. The van der Waals surface area contributed by atoms with E-state index in [0.29, 0.717) is 34.5 Å². The molecule has 34 heavy (non-hydrogen) atoms. The summed E-state index contributed by atoms with van der Waals surface area (Å²) in [6.45, 7) is 4.79. The van der Waals surface area contributed by atoms with E-state index in [2.05, 4.69) is 15.6 Å². The van der Waals surface area contributed by atoms with E-state index in [4.69, 9.17) is 4.74 Å². The van der Waals surface area contributed by atoms with Gasteiger partial charge < -0.3 is 15.4 Å². The molecule has 0 bridgehead atoms. The Bertz CT molecular complexity index is 1240. The number of aromatic nitrogens is 2. The maximum Gasteiger partial charge on any atom is 0.265 e. The molecular formula is C27H32N4O3. The Morgan fingerprint density at radius 2 is 2.09 bits per heavy atom. The molecule has 5 rings (SSSR count). The van der Waals surface area contributed by atoms with Crippen molar-refractivity contribution in [2.75, 3.05) is 19.7 Å². The number of rotatable bonds is 8. The first-order valence-electron chi connectivity index (χ1n) is 12.4. The molecule has 7 heteroatoms. The summed E-state index contributed by atoms with van der Waals surface area (Å²) in [5, 5.41) is 6.96. The summed E-state index contributed by atoms with van der Waals surface area (Å²) in [6.07, 6.45) is 8.28. The van der Waals surface area contributed by atoms with Gasteiger partial charge in [-0.15, -0.1) is 0 Å². The molecule has 1 aromatic heterocycles. The number of hydrogen-bond acceptors (Lipinski definition) is 5. The van der Waals surface area contributed by atoms with Crippen molar-refractivity contribution < 1.29 is 9.53 Å². The first-order chi connectivity index (χ1) is 16.6. The van der Waals surface area contributed by atoms with Crippen LogP contribution in [0.2, 0.25) is 0 Å². The quantitative estimate of drug-likeness (QED) is 0.500. The third-order valence-electron chi connectivity index (χ3n) is 6.80. The van der Waals surface area contributed by atoms with E-state index >= 15 is 0 Å². The Kier molecular flexibility index (Phi) is 6.63. The minimum absolute atomic E-state index is 0.106. The van der Waals surface area contributed by atoms with Gasteiger partial charge in [0.1, 0.15) is 12.1 Å². The van der Waals surface area contributed by atoms with Gasteiger partial charge in [0.25, 0.3) is 11.5 Å². The molecule has 2 N–H and O–H groups in total. The third kappa shape index (κ3) is 5.14. The summed E-state index contributed by atoms with van der Waals surface area (Å²) in [5.74, 6) is 1.31. The lowest BCUT2D eigenvalue weighted by Crippen LogP contribution is -2.29. The molecule has 178 valence electrons. The van der Waals surface area contributed by atoms with Crippen molar-refractivity contribution in [3.8, 4) is 11.4 Å². The number of aryl methyl sites for hydroxylation is 1. The predicted molar refractivity (Wildman–Crippen MR) is 133 cm³/mol. The fraction of sp³-hybridized carbons (Fsp3) is 0.444. The van der Waals surface area contributed by atoms with Gasteiger partial charge in [0, 0.05) is 11.6 Å². The number of piperidine rings is 1. The largest absolute Gasteiger partial charge is 0.494 e. The van der Waals surface area contributed by atoms with Crippen LogP contribution in [0.25, 0.3) is 16.6 Å². The summed E-state index contributed by atoms with van der Waals surface area (Å²) in [5.41, 5.74) is 2.56. The standard InChI is InChI=1S/C27H32N4O3/c1-18-6-7-20(26(32)30-21-8-9-21)14-25(18)31-17-29-24-11-10-22(15-23(24)27(31)33)34-13-3-5-19-4-2-12-28-16-19/h6-7,10-11,14-15,17,19,21,28H,2-5,8-9,12-13,16H2,1H3,(H,30,32). The van der Waals surface area contributed by atoms with Crippen LogP contribution >= 0.6 is 0 Å². The number of carbonyl (C=O) groups is 1. The molecular weight excluding hydrogens is 428 g/mol. The zero-order chi connectivity index (χ0) is 23.5. The van der Waals surface area contributed by atoms with Gasteiger partial charge in [-0.25, -0.2) is 4.98 Å². The summed E-state index contributed by atoms with van der Waals surface area (Å²) >= 11 is 0. The molecule has 1 atom stereocenters. The highest BCUT2D eigenvalue weighted by molar-refractivity contribution is 5.95. The normalized spacial score (nSPS) is 18.1. The van der Waals surface area contributed by atoms with Crippen molar-refractivity contribution in [2.24, 2.45) is 5.92 Å². The lowest BCUT2D eigenvalue weighted by Gasteiger charge is -2.22.